The molecule has 0 aromatic carbocycles. The second-order valence-corrected chi connectivity index (χ2v) is 17.6. The van der Waals surface area contributed by atoms with Crippen LogP contribution in [0.5, 0.6) is 0 Å². The van der Waals surface area contributed by atoms with Crippen molar-refractivity contribution in [3.63, 3.8) is 0 Å². The van der Waals surface area contributed by atoms with Crippen molar-refractivity contribution in [1.29, 1.82) is 0 Å². The lowest BCUT2D eigenvalue weighted by molar-refractivity contribution is -0.150. The molecule has 0 bridgehead atoms. The van der Waals surface area contributed by atoms with Crippen molar-refractivity contribution in [3.05, 3.63) is 11.9 Å². The van der Waals surface area contributed by atoms with E-state index in [1.807, 2.05) is 0 Å². The molecule has 0 aliphatic heterocycles. The maximum atomic E-state index is 12.8. The fourth-order valence-electron chi connectivity index (χ4n) is 7.88. The van der Waals surface area contributed by atoms with Crippen molar-refractivity contribution < 1.29 is 24.2 Å². The summed E-state index contributed by atoms with van der Waals surface area (Å²) in [6.07, 6.45) is 43.4. The lowest BCUT2D eigenvalue weighted by atomic mass is 10.0. The Morgan fingerprint density at radius 1 is 0.508 bits per heavy atom. The number of aliphatic hydroxyl groups is 1. The Morgan fingerprint density at radius 2 is 0.898 bits per heavy atom. The number of aliphatic hydroxyl groups excluding tert-OH is 1. The van der Waals surface area contributed by atoms with E-state index in [4.69, 9.17) is 21.1 Å². The largest absolute Gasteiger partial charge is 0.466 e. The van der Waals surface area contributed by atoms with Gasteiger partial charge in [-0.3, -0.25) is 9.59 Å². The minimum Gasteiger partial charge on any atom is -0.466 e. The van der Waals surface area contributed by atoms with Gasteiger partial charge in [-0.1, -0.05) is 175 Å². The van der Waals surface area contributed by atoms with E-state index in [1.165, 1.54) is 122 Å². The quantitative estimate of drug-likeness (QED) is 0.0237. The zero-order chi connectivity index (χ0) is 43.3. The minimum absolute atomic E-state index is 0.00644. The first-order chi connectivity index (χ1) is 28.9. The molecule has 0 atom stereocenters. The Morgan fingerprint density at radius 3 is 1.37 bits per heavy atom. The van der Waals surface area contributed by atoms with Crippen molar-refractivity contribution in [2.75, 3.05) is 39.4 Å². The van der Waals surface area contributed by atoms with Gasteiger partial charge in [0.1, 0.15) is 6.10 Å². The standard InChI is InChI=1S/C50H100N4O5/c1-4-7-10-13-16-17-18-27-34-44-58-49(56)38-30-23-19-25-32-40-53(42-35-43-54(52)45-47(51)46-55)41-33-26-20-24-31-39-50(57)59-48(36-28-21-14-11-8-5-2)37-29-22-15-12-9-6-3/h45,48,55H,4-44,46,51-52H2,1-3H3/b47-45-. The molecule has 0 aliphatic carbocycles. The molecule has 0 saturated carbocycles. The number of carbonyl (C=O) groups excluding carboxylic acids is 2. The van der Waals surface area contributed by atoms with Gasteiger partial charge in [0.05, 0.1) is 18.9 Å². The molecule has 0 aromatic heterocycles. The lowest BCUT2D eigenvalue weighted by Crippen LogP contribution is -2.33. The number of nitrogens with zero attached hydrogens (tertiary/aromatic N) is 2. The highest BCUT2D eigenvalue weighted by molar-refractivity contribution is 5.69. The molecule has 0 aliphatic rings. The molecule has 0 unspecified atom stereocenters. The number of esters is 2. The third-order valence-corrected chi connectivity index (χ3v) is 11.7. The van der Waals surface area contributed by atoms with Crippen LogP contribution in [-0.2, 0) is 19.1 Å². The zero-order valence-corrected chi connectivity index (χ0v) is 39.5. The van der Waals surface area contributed by atoms with Crippen LogP contribution >= 0.6 is 0 Å². The van der Waals surface area contributed by atoms with Crippen molar-refractivity contribution in [1.82, 2.24) is 9.91 Å². The summed E-state index contributed by atoms with van der Waals surface area (Å²) in [5.74, 6) is 6.05. The molecule has 9 heteroatoms. The highest BCUT2D eigenvalue weighted by Gasteiger charge is 2.14. The van der Waals surface area contributed by atoms with Crippen molar-refractivity contribution in [3.8, 4) is 0 Å². The molecular formula is C50H100N4O5. The minimum atomic E-state index is -0.194. The molecule has 0 radical (unpaired) electrons. The van der Waals surface area contributed by atoms with Gasteiger partial charge in [-0.2, -0.15) is 0 Å². The van der Waals surface area contributed by atoms with Crippen LogP contribution in [0.1, 0.15) is 252 Å². The van der Waals surface area contributed by atoms with Crippen LogP contribution in [0.15, 0.2) is 11.9 Å². The van der Waals surface area contributed by atoms with Gasteiger partial charge in [-0.25, -0.2) is 5.84 Å². The molecule has 0 spiro atoms. The van der Waals surface area contributed by atoms with E-state index in [0.717, 1.165) is 116 Å². The third-order valence-electron chi connectivity index (χ3n) is 11.7. The Balaban J connectivity index is 4.40. The molecule has 0 heterocycles. The van der Waals surface area contributed by atoms with Crippen LogP contribution in [-0.4, -0.2) is 72.5 Å². The van der Waals surface area contributed by atoms with E-state index < -0.39 is 0 Å². The van der Waals surface area contributed by atoms with Crippen molar-refractivity contribution >= 4 is 11.9 Å². The second kappa shape index (κ2) is 45.7. The van der Waals surface area contributed by atoms with Gasteiger partial charge < -0.3 is 30.2 Å². The van der Waals surface area contributed by atoms with Crippen LogP contribution in [0.4, 0.5) is 0 Å². The number of carbonyl (C=O) groups is 2. The lowest BCUT2D eigenvalue weighted by Gasteiger charge is -2.24. The second-order valence-electron chi connectivity index (χ2n) is 17.6. The highest BCUT2D eigenvalue weighted by atomic mass is 16.5. The molecule has 350 valence electrons. The van der Waals surface area contributed by atoms with Crippen LogP contribution in [0.3, 0.4) is 0 Å². The van der Waals surface area contributed by atoms with Gasteiger partial charge in [-0.15, -0.1) is 0 Å². The van der Waals surface area contributed by atoms with Gasteiger partial charge in [-0.05, 0) is 83.8 Å². The number of hydrazine groups is 1. The number of hydrogen-bond donors (Lipinski definition) is 3. The third kappa shape index (κ3) is 42.6. The summed E-state index contributed by atoms with van der Waals surface area (Å²) < 4.78 is 11.5. The van der Waals surface area contributed by atoms with Crippen LogP contribution in [0, 0.1) is 0 Å². The summed E-state index contributed by atoms with van der Waals surface area (Å²) >= 11 is 0. The summed E-state index contributed by atoms with van der Waals surface area (Å²) in [6.45, 7) is 10.9. The molecule has 0 aromatic rings. The summed E-state index contributed by atoms with van der Waals surface area (Å²) in [7, 11) is 0. The Hall–Kier alpha value is -1.84. The highest BCUT2D eigenvalue weighted by Crippen LogP contribution is 2.19. The summed E-state index contributed by atoms with van der Waals surface area (Å²) in [6, 6.07) is 0. The van der Waals surface area contributed by atoms with Crippen molar-refractivity contribution in [2.45, 2.75) is 258 Å². The van der Waals surface area contributed by atoms with E-state index in [2.05, 4.69) is 25.7 Å². The number of rotatable bonds is 47. The molecule has 9 nitrogen and oxygen atoms in total. The SMILES string of the molecule is CCCCCCCCCCCOC(=O)CCCCCCCN(CCCCCCCC(=O)OC(CCCCCCCC)CCCCCCCC)CCCN(N)/C=C(\N)CO. The van der Waals surface area contributed by atoms with E-state index in [-0.39, 0.29) is 24.6 Å². The zero-order valence-electron chi connectivity index (χ0n) is 39.5. The van der Waals surface area contributed by atoms with Gasteiger partial charge in [0.2, 0.25) is 0 Å². The topological polar surface area (TPSA) is 131 Å². The Labute approximate surface area is 365 Å². The first-order valence-corrected chi connectivity index (χ1v) is 25.5. The maximum Gasteiger partial charge on any atom is 0.306 e. The summed E-state index contributed by atoms with van der Waals surface area (Å²) in [5, 5.41) is 10.8. The molecule has 5 N–H and O–H groups in total. The molecule has 0 rings (SSSR count). The first-order valence-electron chi connectivity index (χ1n) is 25.5. The predicted octanol–water partition coefficient (Wildman–Crippen LogP) is 12.8. The van der Waals surface area contributed by atoms with Gasteiger partial charge in [0.25, 0.3) is 0 Å². The average molecular weight is 837 g/mol. The predicted molar refractivity (Wildman–Crippen MR) is 251 cm³/mol. The molecule has 0 saturated heterocycles. The van der Waals surface area contributed by atoms with Gasteiger partial charge >= 0.3 is 11.9 Å². The fourth-order valence-corrected chi connectivity index (χ4v) is 7.88. The average Bonchev–Trinajstić information content (AvgIpc) is 3.22. The molecule has 59 heavy (non-hydrogen) atoms. The Bertz CT molecular complexity index is 919. The smallest absolute Gasteiger partial charge is 0.306 e. The number of ether oxygens (including phenoxy) is 2. The normalized spacial score (nSPS) is 11.9. The number of hydrogen-bond acceptors (Lipinski definition) is 9. The van der Waals surface area contributed by atoms with Gasteiger partial charge in [0, 0.05) is 25.6 Å². The monoisotopic (exact) mass is 837 g/mol. The summed E-state index contributed by atoms with van der Waals surface area (Å²) in [5.41, 5.74) is 6.11. The Kier molecular flexibility index (Phi) is 44.3. The van der Waals surface area contributed by atoms with Crippen LogP contribution < -0.4 is 11.6 Å². The molecule has 0 amide bonds. The number of unbranched alkanes of at least 4 members (excludes halogenated alkanes) is 26. The number of nitrogens with two attached hydrogens (primary N) is 2. The van der Waals surface area contributed by atoms with E-state index in [0.29, 0.717) is 31.7 Å². The molecular weight excluding hydrogens is 737 g/mol. The fraction of sp³-hybridized carbons (Fsp3) is 0.920. The van der Waals surface area contributed by atoms with Crippen LogP contribution in [0.2, 0.25) is 0 Å². The first kappa shape index (κ1) is 57.2. The van der Waals surface area contributed by atoms with E-state index >= 15 is 0 Å². The van der Waals surface area contributed by atoms with Crippen LogP contribution in [0.25, 0.3) is 0 Å². The van der Waals surface area contributed by atoms with Gasteiger partial charge in [0.15, 0.2) is 0 Å². The summed E-state index contributed by atoms with van der Waals surface area (Å²) in [4.78, 5) is 27.6. The van der Waals surface area contributed by atoms with E-state index in [1.54, 1.807) is 11.2 Å². The van der Waals surface area contributed by atoms with Crippen molar-refractivity contribution in [2.24, 2.45) is 11.6 Å². The molecule has 0 fully saturated rings. The maximum absolute atomic E-state index is 12.8. The van der Waals surface area contributed by atoms with E-state index in [9.17, 15) is 14.7 Å².